The summed E-state index contributed by atoms with van der Waals surface area (Å²) in [7, 11) is 2.75. The highest BCUT2D eigenvalue weighted by Gasteiger charge is 2.66. The van der Waals surface area contributed by atoms with Gasteiger partial charge in [-0.2, -0.15) is 0 Å². The molecule has 1 aromatic heterocycles. The van der Waals surface area contributed by atoms with Crippen molar-refractivity contribution in [1.82, 2.24) is 15.2 Å². The minimum atomic E-state index is -1.29. The number of likely N-dealkylation sites (tertiary alicyclic amines) is 1. The number of hydrogen-bond acceptors (Lipinski definition) is 8. The number of fused-ring (bicyclic) bond motifs is 1. The van der Waals surface area contributed by atoms with Crippen LogP contribution in [0.3, 0.4) is 0 Å². The maximum absolute atomic E-state index is 12.9. The largest absolute Gasteiger partial charge is 0.468 e. The Morgan fingerprint density at radius 2 is 2.04 bits per heavy atom. The van der Waals surface area contributed by atoms with Crippen molar-refractivity contribution in [2.75, 3.05) is 45.4 Å². The van der Waals surface area contributed by atoms with E-state index >= 15 is 0 Å². The van der Waals surface area contributed by atoms with Crippen LogP contribution in [0.1, 0.15) is 18.5 Å². The summed E-state index contributed by atoms with van der Waals surface area (Å²) in [6.07, 6.45) is 1.70. The maximum atomic E-state index is 12.9. The lowest BCUT2D eigenvalue weighted by molar-refractivity contribution is -0.152. The third-order valence-corrected chi connectivity index (χ3v) is 6.08. The molecule has 3 aliphatic heterocycles. The van der Waals surface area contributed by atoms with Crippen LogP contribution in [0, 0.1) is 11.8 Å². The number of hydrogen-bond donors (Lipinski definition) is 1. The quantitative estimate of drug-likeness (QED) is 0.558. The number of imide groups is 1. The Morgan fingerprint density at radius 1 is 1.32 bits per heavy atom. The van der Waals surface area contributed by atoms with Crippen molar-refractivity contribution >= 4 is 23.6 Å². The first kappa shape index (κ1) is 18.8. The van der Waals surface area contributed by atoms with Gasteiger partial charge in [0, 0.05) is 37.9 Å². The summed E-state index contributed by atoms with van der Waals surface area (Å²) < 4.78 is 10.4. The molecule has 28 heavy (non-hydrogen) atoms. The van der Waals surface area contributed by atoms with Gasteiger partial charge in [-0.15, -0.1) is 0 Å². The Bertz CT molecular complexity index is 824. The maximum Gasteiger partial charge on any atom is 0.326 e. The molecule has 0 unspecified atom stereocenters. The third kappa shape index (κ3) is 2.61. The highest BCUT2D eigenvalue weighted by molar-refractivity contribution is 6.09. The zero-order chi connectivity index (χ0) is 20.1. The molecule has 9 nitrogen and oxygen atoms in total. The van der Waals surface area contributed by atoms with E-state index in [2.05, 4.69) is 15.2 Å². The molecular formula is C19H24N4O5. The molecule has 0 aliphatic carbocycles. The van der Waals surface area contributed by atoms with Gasteiger partial charge in [0.15, 0.2) is 0 Å². The zero-order valence-corrected chi connectivity index (χ0v) is 16.2. The molecule has 4 atom stereocenters. The fourth-order valence-electron chi connectivity index (χ4n) is 4.64. The van der Waals surface area contributed by atoms with E-state index in [1.165, 1.54) is 14.2 Å². The van der Waals surface area contributed by atoms with Crippen LogP contribution in [0.5, 0.6) is 0 Å². The number of pyridine rings is 1. The number of amides is 2. The smallest absolute Gasteiger partial charge is 0.326 e. The molecule has 3 saturated heterocycles. The molecule has 0 saturated carbocycles. The van der Waals surface area contributed by atoms with Crippen LogP contribution < -0.4 is 10.2 Å². The minimum Gasteiger partial charge on any atom is -0.468 e. The van der Waals surface area contributed by atoms with Gasteiger partial charge in [0.05, 0.1) is 32.2 Å². The fraction of sp³-hybridized carbons (Fsp3) is 0.579. The Kier molecular flexibility index (Phi) is 4.59. The molecule has 0 spiro atoms. The van der Waals surface area contributed by atoms with Crippen LogP contribution in [-0.4, -0.2) is 73.7 Å². The van der Waals surface area contributed by atoms with E-state index in [9.17, 15) is 14.4 Å². The number of rotatable bonds is 3. The first-order chi connectivity index (χ1) is 13.4. The van der Waals surface area contributed by atoms with Crippen molar-refractivity contribution < 1.29 is 23.9 Å². The second-order valence-electron chi connectivity index (χ2n) is 7.57. The summed E-state index contributed by atoms with van der Waals surface area (Å²) in [5, 5.41) is 3.26. The van der Waals surface area contributed by atoms with Crippen LogP contribution in [0.15, 0.2) is 18.3 Å². The molecule has 3 fully saturated rings. The summed E-state index contributed by atoms with van der Waals surface area (Å²) >= 11 is 0. The lowest BCUT2D eigenvalue weighted by Crippen LogP contribution is -2.53. The van der Waals surface area contributed by atoms with Gasteiger partial charge in [0.2, 0.25) is 11.8 Å². The van der Waals surface area contributed by atoms with E-state index in [0.717, 1.165) is 16.3 Å². The SMILES string of the molecule is COC(=O)[C@]1(C)N[C@H](c2cccnc2N2CCOCC2)[C@@H]2C(=O)N(C)C(=O)[C@@H]21. The molecule has 2 amide bonds. The normalized spacial score (nSPS) is 32.6. The van der Waals surface area contributed by atoms with Gasteiger partial charge in [0.1, 0.15) is 11.4 Å². The average Bonchev–Trinajstić information content (AvgIpc) is 3.17. The molecule has 1 N–H and O–H groups in total. The Hall–Kier alpha value is -2.52. The minimum absolute atomic E-state index is 0.295. The molecule has 0 bridgehead atoms. The van der Waals surface area contributed by atoms with Crippen LogP contribution >= 0.6 is 0 Å². The van der Waals surface area contributed by atoms with Crippen LogP contribution in [-0.2, 0) is 23.9 Å². The molecule has 9 heteroatoms. The van der Waals surface area contributed by atoms with Gasteiger partial charge >= 0.3 is 5.97 Å². The monoisotopic (exact) mass is 388 g/mol. The first-order valence-corrected chi connectivity index (χ1v) is 9.35. The number of ether oxygens (including phenoxy) is 2. The molecule has 4 rings (SSSR count). The highest BCUT2D eigenvalue weighted by atomic mass is 16.5. The lowest BCUT2D eigenvalue weighted by atomic mass is 9.80. The van der Waals surface area contributed by atoms with Gasteiger partial charge < -0.3 is 14.4 Å². The van der Waals surface area contributed by atoms with Crippen LogP contribution in [0.25, 0.3) is 0 Å². The van der Waals surface area contributed by atoms with Crippen molar-refractivity contribution in [2.45, 2.75) is 18.5 Å². The molecule has 0 aromatic carbocycles. The number of carbonyl (C=O) groups is 3. The number of esters is 1. The standard InChI is InChI=1S/C19H24N4O5/c1-19(18(26)27-3)13-12(16(24)22(2)17(13)25)14(21-19)11-5-4-6-20-15(11)23-7-9-28-10-8-23/h4-6,12-14,21H,7-10H2,1-3H3/t12-,13-,14-,19-/m1/s1. The number of nitrogens with one attached hydrogen (secondary N) is 1. The molecular weight excluding hydrogens is 364 g/mol. The average molecular weight is 388 g/mol. The second-order valence-corrected chi connectivity index (χ2v) is 7.57. The van der Waals surface area contributed by atoms with Gasteiger partial charge in [0.25, 0.3) is 0 Å². The molecule has 0 radical (unpaired) electrons. The van der Waals surface area contributed by atoms with Crippen molar-refractivity contribution in [3.63, 3.8) is 0 Å². The number of carbonyl (C=O) groups excluding carboxylic acids is 3. The lowest BCUT2D eigenvalue weighted by Gasteiger charge is -2.32. The predicted octanol–water partition coefficient (Wildman–Crippen LogP) is -0.275. The van der Waals surface area contributed by atoms with E-state index in [1.54, 1.807) is 19.2 Å². The van der Waals surface area contributed by atoms with E-state index in [0.29, 0.717) is 26.3 Å². The topological polar surface area (TPSA) is 101 Å². The Morgan fingerprint density at radius 3 is 2.71 bits per heavy atom. The van der Waals surface area contributed by atoms with Gasteiger partial charge in [-0.05, 0) is 13.0 Å². The van der Waals surface area contributed by atoms with Gasteiger partial charge in [-0.3, -0.25) is 24.6 Å². The molecule has 4 heterocycles. The number of aromatic nitrogens is 1. The number of nitrogens with zero attached hydrogens (tertiary/aromatic N) is 3. The highest BCUT2D eigenvalue weighted by Crippen LogP contribution is 2.49. The molecule has 1 aromatic rings. The predicted molar refractivity (Wildman–Crippen MR) is 98.3 cm³/mol. The summed E-state index contributed by atoms with van der Waals surface area (Å²) in [6.45, 7) is 4.20. The van der Waals surface area contributed by atoms with Gasteiger partial charge in [-0.25, -0.2) is 4.98 Å². The van der Waals surface area contributed by atoms with Crippen molar-refractivity contribution in [1.29, 1.82) is 0 Å². The fourth-order valence-corrected chi connectivity index (χ4v) is 4.64. The summed E-state index contributed by atoms with van der Waals surface area (Å²) in [5.41, 5.74) is -0.497. The van der Waals surface area contributed by atoms with E-state index in [1.807, 2.05) is 6.07 Å². The van der Waals surface area contributed by atoms with E-state index < -0.39 is 29.4 Å². The number of methoxy groups -OCH3 is 1. The Balaban J connectivity index is 1.79. The van der Waals surface area contributed by atoms with E-state index in [4.69, 9.17) is 9.47 Å². The number of anilines is 1. The van der Waals surface area contributed by atoms with Crippen LogP contribution in [0.4, 0.5) is 5.82 Å². The summed E-state index contributed by atoms with van der Waals surface area (Å²) in [6, 6.07) is 3.17. The van der Waals surface area contributed by atoms with E-state index in [-0.39, 0.29) is 11.8 Å². The first-order valence-electron chi connectivity index (χ1n) is 9.35. The van der Waals surface area contributed by atoms with Crippen LogP contribution in [0.2, 0.25) is 0 Å². The third-order valence-electron chi connectivity index (χ3n) is 6.08. The Labute approximate surface area is 163 Å². The molecule has 3 aliphatic rings. The zero-order valence-electron chi connectivity index (χ0n) is 16.2. The van der Waals surface area contributed by atoms with Crippen molar-refractivity contribution in [3.05, 3.63) is 23.9 Å². The summed E-state index contributed by atoms with van der Waals surface area (Å²) in [5.74, 6) is -1.98. The van der Waals surface area contributed by atoms with Crippen molar-refractivity contribution in [3.8, 4) is 0 Å². The molecule has 150 valence electrons. The summed E-state index contributed by atoms with van der Waals surface area (Å²) in [4.78, 5) is 46.1. The number of morpholine rings is 1. The van der Waals surface area contributed by atoms with Gasteiger partial charge in [-0.1, -0.05) is 6.07 Å². The van der Waals surface area contributed by atoms with Crippen molar-refractivity contribution in [2.24, 2.45) is 11.8 Å². The second kappa shape index (κ2) is 6.82.